The van der Waals surface area contributed by atoms with E-state index < -0.39 is 5.82 Å². The summed E-state index contributed by atoms with van der Waals surface area (Å²) in [6, 6.07) is 3.11. The first-order chi connectivity index (χ1) is 15.3. The second kappa shape index (κ2) is 7.99. The predicted octanol–water partition coefficient (Wildman–Crippen LogP) is 4.81. The van der Waals surface area contributed by atoms with E-state index in [2.05, 4.69) is 22.1 Å². The Bertz CT molecular complexity index is 1020. The van der Waals surface area contributed by atoms with Crippen LogP contribution >= 0.6 is 11.3 Å². The van der Waals surface area contributed by atoms with Crippen molar-refractivity contribution >= 4 is 28.1 Å². The molecule has 0 spiro atoms. The minimum atomic E-state index is -0.435. The van der Waals surface area contributed by atoms with Crippen LogP contribution in [0.15, 0.2) is 12.1 Å². The summed E-state index contributed by atoms with van der Waals surface area (Å²) >= 11 is 1.53. The second-order valence-electron chi connectivity index (χ2n) is 9.66. The van der Waals surface area contributed by atoms with Crippen molar-refractivity contribution < 1.29 is 18.7 Å². The molecule has 1 N–H and O–H groups in total. The Morgan fingerprint density at radius 1 is 1.31 bits per heavy atom. The molecule has 2 heterocycles. The smallest absolute Gasteiger partial charge is 0.275 e. The number of hydrogen-bond donors (Lipinski definition) is 1. The van der Waals surface area contributed by atoms with E-state index in [4.69, 9.17) is 9.47 Å². The Kier molecular flexibility index (Phi) is 5.40. The SMILES string of the molecule is CCc1sc(N2CC(C)(OC)C2)nc1C(=O)Nc1cc(C)c(OC2CC3CC3C2)c(F)c1. The standard InChI is InChI=1S/C24H30FN3O3S/c1-5-19-20(27-23(32-19)28-11-24(3,12-28)30-4)22(29)26-16-6-13(2)21(18(25)10-16)31-17-8-14-7-15(14)9-17/h6,10,14-15,17H,5,7-9,11-12H2,1-4H3,(H,26,29). The van der Waals surface area contributed by atoms with E-state index in [0.717, 1.165) is 47.8 Å². The molecule has 1 saturated heterocycles. The zero-order valence-corrected chi connectivity index (χ0v) is 19.9. The summed E-state index contributed by atoms with van der Waals surface area (Å²) in [6.45, 7) is 7.38. The summed E-state index contributed by atoms with van der Waals surface area (Å²) in [5.74, 6) is 1.10. The Morgan fingerprint density at radius 3 is 2.66 bits per heavy atom. The Hall–Kier alpha value is -2.19. The van der Waals surface area contributed by atoms with Gasteiger partial charge in [0.2, 0.25) is 0 Å². The third-order valence-corrected chi connectivity index (χ3v) is 8.27. The number of nitrogens with one attached hydrogen (secondary N) is 1. The molecular weight excluding hydrogens is 429 g/mol. The summed E-state index contributed by atoms with van der Waals surface area (Å²) in [6.07, 6.45) is 4.16. The van der Waals surface area contributed by atoms with Gasteiger partial charge in [-0.05, 0) is 63.0 Å². The minimum Gasteiger partial charge on any atom is -0.487 e. The molecule has 172 valence electrons. The van der Waals surface area contributed by atoms with Crippen molar-refractivity contribution in [3.8, 4) is 5.75 Å². The van der Waals surface area contributed by atoms with Crippen molar-refractivity contribution in [1.82, 2.24) is 4.98 Å². The number of halogens is 1. The summed E-state index contributed by atoms with van der Waals surface area (Å²) < 4.78 is 26.3. The van der Waals surface area contributed by atoms with Gasteiger partial charge in [0.1, 0.15) is 5.69 Å². The molecule has 2 saturated carbocycles. The van der Waals surface area contributed by atoms with Crippen LogP contribution in [0.3, 0.4) is 0 Å². The van der Waals surface area contributed by atoms with Gasteiger partial charge in [-0.3, -0.25) is 4.79 Å². The highest BCUT2D eigenvalue weighted by Crippen LogP contribution is 2.52. The molecule has 3 aliphatic rings. The van der Waals surface area contributed by atoms with Gasteiger partial charge in [0.05, 0.1) is 24.8 Å². The number of anilines is 2. The van der Waals surface area contributed by atoms with E-state index in [1.807, 2.05) is 13.8 Å². The molecule has 5 rings (SSSR count). The van der Waals surface area contributed by atoms with E-state index >= 15 is 0 Å². The maximum absolute atomic E-state index is 14.8. The topological polar surface area (TPSA) is 63.7 Å². The van der Waals surface area contributed by atoms with E-state index in [0.29, 0.717) is 29.1 Å². The zero-order chi connectivity index (χ0) is 22.6. The van der Waals surface area contributed by atoms with Crippen LogP contribution in [-0.4, -0.2) is 42.8 Å². The van der Waals surface area contributed by atoms with Crippen molar-refractivity contribution in [3.05, 3.63) is 34.1 Å². The summed E-state index contributed by atoms with van der Waals surface area (Å²) in [7, 11) is 1.71. The van der Waals surface area contributed by atoms with Gasteiger partial charge >= 0.3 is 0 Å². The number of carbonyl (C=O) groups excluding carboxylic acids is 1. The van der Waals surface area contributed by atoms with Gasteiger partial charge in [0.15, 0.2) is 16.7 Å². The van der Waals surface area contributed by atoms with E-state index in [-0.39, 0.29) is 17.6 Å². The maximum atomic E-state index is 14.8. The third-order valence-electron chi connectivity index (χ3n) is 7.01. The number of benzene rings is 1. The quantitative estimate of drug-likeness (QED) is 0.644. The van der Waals surface area contributed by atoms with E-state index in [1.165, 1.54) is 23.8 Å². The number of hydrogen-bond acceptors (Lipinski definition) is 6. The molecular formula is C24H30FN3O3S. The number of amides is 1. The molecule has 2 aliphatic carbocycles. The fourth-order valence-corrected chi connectivity index (χ4v) is 5.98. The normalized spacial score (nSPS) is 25.3. The number of fused-ring (bicyclic) bond motifs is 1. The second-order valence-corrected chi connectivity index (χ2v) is 10.7. The van der Waals surface area contributed by atoms with E-state index in [9.17, 15) is 9.18 Å². The van der Waals surface area contributed by atoms with Gasteiger partial charge in [0.25, 0.3) is 5.91 Å². The Balaban J connectivity index is 1.28. The molecule has 2 atom stereocenters. The number of aryl methyl sites for hydroxylation is 2. The molecule has 1 aromatic carbocycles. The summed E-state index contributed by atoms with van der Waals surface area (Å²) in [4.78, 5) is 20.6. The number of thiazole rings is 1. The number of methoxy groups -OCH3 is 1. The first-order valence-corrected chi connectivity index (χ1v) is 12.2. The highest BCUT2D eigenvalue weighted by molar-refractivity contribution is 7.16. The summed E-state index contributed by atoms with van der Waals surface area (Å²) in [5.41, 5.74) is 1.34. The fraction of sp³-hybridized carbons (Fsp3) is 0.583. The number of aromatic nitrogens is 1. The molecule has 8 heteroatoms. The van der Waals surface area contributed by atoms with Crippen molar-refractivity contribution in [2.75, 3.05) is 30.4 Å². The highest BCUT2D eigenvalue weighted by Gasteiger charge is 2.47. The predicted molar refractivity (Wildman–Crippen MR) is 123 cm³/mol. The average Bonchev–Trinajstić information content (AvgIpc) is 3.15. The number of carbonyl (C=O) groups is 1. The minimum absolute atomic E-state index is 0.106. The van der Waals surface area contributed by atoms with Crippen molar-refractivity contribution in [3.63, 3.8) is 0 Å². The van der Waals surface area contributed by atoms with Crippen LogP contribution < -0.4 is 15.0 Å². The van der Waals surface area contributed by atoms with Crippen LogP contribution in [-0.2, 0) is 11.2 Å². The molecule has 32 heavy (non-hydrogen) atoms. The third kappa shape index (κ3) is 3.99. The van der Waals surface area contributed by atoms with Crippen LogP contribution in [0.1, 0.15) is 54.0 Å². The lowest BCUT2D eigenvalue weighted by Gasteiger charge is -2.46. The largest absolute Gasteiger partial charge is 0.487 e. The Labute approximate surface area is 192 Å². The van der Waals surface area contributed by atoms with Crippen molar-refractivity contribution in [1.29, 1.82) is 0 Å². The van der Waals surface area contributed by atoms with Crippen molar-refractivity contribution in [2.45, 2.75) is 58.2 Å². The Morgan fingerprint density at radius 2 is 2.03 bits per heavy atom. The molecule has 0 radical (unpaired) electrons. The number of ether oxygens (including phenoxy) is 2. The van der Waals surface area contributed by atoms with Crippen LogP contribution in [0.2, 0.25) is 0 Å². The zero-order valence-electron chi connectivity index (χ0n) is 19.0. The van der Waals surface area contributed by atoms with Gasteiger partial charge in [-0.25, -0.2) is 9.37 Å². The fourth-order valence-electron chi connectivity index (χ4n) is 4.98. The van der Waals surface area contributed by atoms with Gasteiger partial charge in [0, 0.05) is 23.7 Å². The summed E-state index contributed by atoms with van der Waals surface area (Å²) in [5, 5.41) is 3.65. The van der Waals surface area contributed by atoms with Gasteiger partial charge in [-0.2, -0.15) is 0 Å². The van der Waals surface area contributed by atoms with Crippen LogP contribution in [0.5, 0.6) is 5.75 Å². The van der Waals surface area contributed by atoms with Crippen LogP contribution in [0, 0.1) is 24.6 Å². The lowest BCUT2D eigenvalue weighted by Crippen LogP contribution is -2.61. The maximum Gasteiger partial charge on any atom is 0.275 e. The van der Waals surface area contributed by atoms with Gasteiger partial charge < -0.3 is 19.7 Å². The molecule has 6 nitrogen and oxygen atoms in total. The van der Waals surface area contributed by atoms with E-state index in [1.54, 1.807) is 13.2 Å². The molecule has 1 amide bonds. The first kappa shape index (κ1) is 21.6. The molecule has 1 aromatic heterocycles. The first-order valence-electron chi connectivity index (χ1n) is 11.4. The highest BCUT2D eigenvalue weighted by atomic mass is 32.1. The molecule has 3 fully saturated rings. The number of nitrogens with zero attached hydrogens (tertiary/aromatic N) is 2. The number of rotatable bonds is 7. The molecule has 0 bridgehead atoms. The lowest BCUT2D eigenvalue weighted by molar-refractivity contribution is -0.0167. The van der Waals surface area contributed by atoms with Crippen LogP contribution in [0.4, 0.5) is 15.2 Å². The lowest BCUT2D eigenvalue weighted by atomic mass is 9.97. The van der Waals surface area contributed by atoms with Crippen LogP contribution in [0.25, 0.3) is 0 Å². The monoisotopic (exact) mass is 459 g/mol. The van der Waals surface area contributed by atoms with Crippen molar-refractivity contribution in [2.24, 2.45) is 11.8 Å². The molecule has 1 aliphatic heterocycles. The molecule has 2 unspecified atom stereocenters. The molecule has 2 aromatic rings. The average molecular weight is 460 g/mol. The van der Waals surface area contributed by atoms with Gasteiger partial charge in [-0.1, -0.05) is 6.92 Å². The van der Waals surface area contributed by atoms with Gasteiger partial charge in [-0.15, -0.1) is 11.3 Å².